The van der Waals surface area contributed by atoms with Gasteiger partial charge in [0.15, 0.2) is 11.4 Å². The molecule has 3 aromatic rings. The van der Waals surface area contributed by atoms with E-state index in [0.717, 1.165) is 30.0 Å². The Morgan fingerprint density at radius 2 is 1.93 bits per heavy atom. The van der Waals surface area contributed by atoms with Crippen LogP contribution in [-0.4, -0.2) is 43.5 Å². The van der Waals surface area contributed by atoms with Crippen LogP contribution in [0.3, 0.4) is 0 Å². The molecule has 1 amide bonds. The van der Waals surface area contributed by atoms with Crippen LogP contribution in [0.1, 0.15) is 45.4 Å². The first kappa shape index (κ1) is 17.5. The zero-order valence-electron chi connectivity index (χ0n) is 15.5. The number of imidazole rings is 1. The van der Waals surface area contributed by atoms with Crippen LogP contribution in [0.2, 0.25) is 0 Å². The van der Waals surface area contributed by atoms with Gasteiger partial charge in [-0.3, -0.25) is 4.79 Å². The topological polar surface area (TPSA) is 77.8 Å². The summed E-state index contributed by atoms with van der Waals surface area (Å²) in [5.41, 5.74) is 4.03. The lowest BCUT2D eigenvalue weighted by Crippen LogP contribution is -2.15. The Balaban J connectivity index is 1.72. The lowest BCUT2D eigenvalue weighted by atomic mass is 9.98. The Morgan fingerprint density at radius 1 is 1.22 bits per heavy atom. The summed E-state index contributed by atoms with van der Waals surface area (Å²) < 4.78 is 1.78. The summed E-state index contributed by atoms with van der Waals surface area (Å²) in [7, 11) is 0. The third-order valence-electron chi connectivity index (χ3n) is 5.28. The highest BCUT2D eigenvalue weighted by Crippen LogP contribution is 2.32. The van der Waals surface area contributed by atoms with Crippen LogP contribution in [0, 0.1) is 13.8 Å². The van der Waals surface area contributed by atoms with Crippen molar-refractivity contribution in [3.05, 3.63) is 64.6 Å². The number of nitrogens with zero attached hydrogens (tertiary/aromatic N) is 3. The van der Waals surface area contributed by atoms with Crippen LogP contribution in [0.4, 0.5) is 0 Å². The monoisotopic (exact) mass is 365 g/mol. The molecule has 0 spiro atoms. The number of aliphatic hydroxyl groups is 1. The molecule has 0 radical (unpaired) electrons. The summed E-state index contributed by atoms with van der Waals surface area (Å²) in [5.74, 6) is -0.0543. The van der Waals surface area contributed by atoms with E-state index in [1.165, 1.54) is 0 Å². The van der Waals surface area contributed by atoms with Crippen molar-refractivity contribution in [3.63, 3.8) is 0 Å². The number of aromatic hydroxyl groups is 1. The molecule has 0 bridgehead atoms. The van der Waals surface area contributed by atoms with E-state index in [4.69, 9.17) is 0 Å². The fraction of sp³-hybridized carbons (Fsp3) is 0.333. The van der Waals surface area contributed by atoms with E-state index in [9.17, 15) is 15.0 Å². The van der Waals surface area contributed by atoms with Gasteiger partial charge in [0.05, 0.1) is 17.4 Å². The maximum atomic E-state index is 12.8. The highest BCUT2D eigenvalue weighted by molar-refractivity contribution is 5.98. The highest BCUT2D eigenvalue weighted by Gasteiger charge is 2.30. The van der Waals surface area contributed by atoms with Gasteiger partial charge in [-0.1, -0.05) is 30.3 Å². The third-order valence-corrected chi connectivity index (χ3v) is 5.28. The zero-order valence-corrected chi connectivity index (χ0v) is 15.5. The zero-order chi connectivity index (χ0) is 19.1. The quantitative estimate of drug-likeness (QED) is 0.682. The van der Waals surface area contributed by atoms with Crippen molar-refractivity contribution in [2.24, 2.45) is 0 Å². The van der Waals surface area contributed by atoms with Crippen molar-refractivity contribution in [2.75, 3.05) is 13.1 Å². The summed E-state index contributed by atoms with van der Waals surface area (Å²) in [4.78, 5) is 19.0. The molecule has 1 fully saturated rings. The van der Waals surface area contributed by atoms with Crippen molar-refractivity contribution >= 4 is 11.6 Å². The molecular formula is C21H23N3O3. The molecule has 6 heteroatoms. The normalized spacial score (nSPS) is 14.6. The van der Waals surface area contributed by atoms with Gasteiger partial charge in [0.25, 0.3) is 5.91 Å². The van der Waals surface area contributed by atoms with Crippen LogP contribution in [0.15, 0.2) is 36.5 Å². The smallest absolute Gasteiger partial charge is 0.255 e. The van der Waals surface area contributed by atoms with Gasteiger partial charge in [0.2, 0.25) is 0 Å². The van der Waals surface area contributed by atoms with Gasteiger partial charge in [-0.05, 0) is 32.3 Å². The van der Waals surface area contributed by atoms with Crippen molar-refractivity contribution in [2.45, 2.75) is 32.8 Å². The molecule has 3 heterocycles. The first-order valence-corrected chi connectivity index (χ1v) is 9.19. The number of fused-ring (bicyclic) bond motifs is 1. The van der Waals surface area contributed by atoms with Crippen molar-refractivity contribution in [1.82, 2.24) is 14.3 Å². The fourth-order valence-corrected chi connectivity index (χ4v) is 3.41. The molecule has 1 saturated heterocycles. The van der Waals surface area contributed by atoms with E-state index in [1.807, 2.05) is 44.2 Å². The van der Waals surface area contributed by atoms with E-state index < -0.39 is 6.10 Å². The number of carbonyl (C=O) groups is 1. The van der Waals surface area contributed by atoms with Gasteiger partial charge in [-0.2, -0.15) is 0 Å². The molecule has 1 aliphatic heterocycles. The molecule has 0 saturated carbocycles. The second-order valence-corrected chi connectivity index (χ2v) is 7.10. The number of hydrogen-bond acceptors (Lipinski definition) is 4. The number of carbonyl (C=O) groups excluding carboxylic acids is 1. The second kappa shape index (κ2) is 6.70. The lowest BCUT2D eigenvalue weighted by Gasteiger charge is -2.16. The van der Waals surface area contributed by atoms with Gasteiger partial charge in [-0.15, -0.1) is 0 Å². The van der Waals surface area contributed by atoms with Gasteiger partial charge in [-0.25, -0.2) is 4.98 Å². The lowest BCUT2D eigenvalue weighted by molar-refractivity contribution is 0.0882. The molecule has 4 rings (SSSR count). The van der Waals surface area contributed by atoms with Crippen LogP contribution in [0.25, 0.3) is 5.65 Å². The number of aromatic nitrogens is 2. The molecule has 2 N–H and O–H groups in total. The van der Waals surface area contributed by atoms with Crippen LogP contribution in [0.5, 0.6) is 5.75 Å². The van der Waals surface area contributed by atoms with E-state index >= 15 is 0 Å². The standard InChI is InChI=1S/C21H23N3O3/c1-13-14(2)24-12-17(21(27)23-10-11-23)16(19(26)20(24)22-13)8-9-18(25)15-6-4-3-5-7-15/h3-7,12,18,25-26H,8-11H2,1-2H3/t18-/m1/s1. The van der Waals surface area contributed by atoms with Crippen molar-refractivity contribution in [3.8, 4) is 5.75 Å². The van der Waals surface area contributed by atoms with Crippen LogP contribution >= 0.6 is 0 Å². The number of aryl methyl sites for hydroxylation is 2. The molecule has 1 aromatic carbocycles. The Hall–Kier alpha value is -2.86. The van der Waals surface area contributed by atoms with E-state index in [1.54, 1.807) is 15.5 Å². The minimum atomic E-state index is -0.658. The average Bonchev–Trinajstić information content (AvgIpc) is 3.48. The summed E-state index contributed by atoms with van der Waals surface area (Å²) in [6, 6.07) is 9.41. The maximum absolute atomic E-state index is 12.8. The van der Waals surface area contributed by atoms with Gasteiger partial charge in [0, 0.05) is 30.5 Å². The summed E-state index contributed by atoms with van der Waals surface area (Å²) in [5, 5.41) is 21.4. The maximum Gasteiger partial charge on any atom is 0.255 e. The van der Waals surface area contributed by atoms with E-state index in [-0.39, 0.29) is 11.7 Å². The summed E-state index contributed by atoms with van der Waals surface area (Å²) in [6.07, 6.45) is 1.91. The Labute approximate surface area is 157 Å². The molecule has 0 unspecified atom stereocenters. The highest BCUT2D eigenvalue weighted by atomic mass is 16.3. The first-order valence-electron chi connectivity index (χ1n) is 9.19. The van der Waals surface area contributed by atoms with Crippen molar-refractivity contribution < 1.29 is 15.0 Å². The van der Waals surface area contributed by atoms with Crippen LogP contribution < -0.4 is 0 Å². The number of rotatable bonds is 5. The Morgan fingerprint density at radius 3 is 2.59 bits per heavy atom. The number of amides is 1. The molecule has 27 heavy (non-hydrogen) atoms. The summed E-state index contributed by atoms with van der Waals surface area (Å²) >= 11 is 0. The molecule has 0 aliphatic carbocycles. The molecule has 2 aromatic heterocycles. The predicted octanol–water partition coefficient (Wildman–Crippen LogP) is 2.78. The predicted molar refractivity (Wildman–Crippen MR) is 102 cm³/mol. The number of aliphatic hydroxyl groups excluding tert-OH is 1. The van der Waals surface area contributed by atoms with Gasteiger partial charge >= 0.3 is 0 Å². The minimum Gasteiger partial charge on any atom is -0.504 e. The molecule has 140 valence electrons. The second-order valence-electron chi connectivity index (χ2n) is 7.10. The number of hydrogen-bond donors (Lipinski definition) is 2. The van der Waals surface area contributed by atoms with E-state index in [0.29, 0.717) is 29.6 Å². The molecule has 1 aliphatic rings. The third kappa shape index (κ3) is 3.17. The largest absolute Gasteiger partial charge is 0.504 e. The molecule has 6 nitrogen and oxygen atoms in total. The Bertz CT molecular complexity index is 1010. The SMILES string of the molecule is Cc1nc2c(O)c(CC[C@@H](O)c3ccccc3)c(C(=O)N3CC3)cn2c1C. The van der Waals surface area contributed by atoms with Gasteiger partial charge in [0.1, 0.15) is 0 Å². The minimum absolute atomic E-state index is 0.0270. The van der Waals surface area contributed by atoms with Gasteiger partial charge < -0.3 is 19.5 Å². The Kier molecular flexibility index (Phi) is 4.36. The summed E-state index contributed by atoms with van der Waals surface area (Å²) in [6.45, 7) is 5.28. The fourth-order valence-electron chi connectivity index (χ4n) is 3.41. The number of benzene rings is 1. The molecule has 1 atom stereocenters. The average molecular weight is 365 g/mol. The first-order chi connectivity index (χ1) is 13.0. The molecular weight excluding hydrogens is 342 g/mol. The van der Waals surface area contributed by atoms with Crippen molar-refractivity contribution in [1.29, 1.82) is 0 Å². The van der Waals surface area contributed by atoms with E-state index in [2.05, 4.69) is 4.98 Å². The van der Waals surface area contributed by atoms with Crippen LogP contribution in [-0.2, 0) is 6.42 Å². The number of pyridine rings is 1.